The molecule has 0 fully saturated rings. The maximum atomic E-state index is 12.2. The fraction of sp³-hybridized carbons (Fsp3) is 0.115. The molecule has 0 radical (unpaired) electrons. The number of benzene rings is 2. The van der Waals surface area contributed by atoms with Crippen LogP contribution in [0.15, 0.2) is 79.4 Å². The van der Waals surface area contributed by atoms with Gasteiger partial charge in [-0.25, -0.2) is 15.0 Å². The van der Waals surface area contributed by atoms with Gasteiger partial charge < -0.3 is 14.4 Å². The summed E-state index contributed by atoms with van der Waals surface area (Å²) in [5.74, 6) is 0.485. The minimum Gasteiger partial charge on any atom is -0.481 e. The molecule has 34 heavy (non-hydrogen) atoms. The van der Waals surface area contributed by atoms with Crippen molar-refractivity contribution in [1.82, 2.24) is 19.5 Å². The maximum Gasteiger partial charge on any atom is 0.214 e. The predicted octanol–water partition coefficient (Wildman–Crippen LogP) is 5.63. The highest BCUT2D eigenvalue weighted by molar-refractivity contribution is 6.31. The van der Waals surface area contributed by atoms with Crippen molar-refractivity contribution >= 4 is 34.1 Å². The minimum atomic E-state index is -1.54. The Labute approximate surface area is 206 Å². The molecule has 0 spiro atoms. The highest BCUT2D eigenvalue weighted by atomic mass is 35.5. The van der Waals surface area contributed by atoms with Gasteiger partial charge in [0.2, 0.25) is 5.88 Å². The van der Waals surface area contributed by atoms with Crippen LogP contribution in [0.4, 0.5) is 0 Å². The molecule has 1 atom stereocenters. The van der Waals surface area contributed by atoms with Gasteiger partial charge >= 0.3 is 0 Å². The summed E-state index contributed by atoms with van der Waals surface area (Å²) in [6.07, 6.45) is 4.86. The van der Waals surface area contributed by atoms with Crippen molar-refractivity contribution in [2.45, 2.75) is 5.60 Å². The molecule has 3 aromatic heterocycles. The van der Waals surface area contributed by atoms with Gasteiger partial charge in [-0.2, -0.15) is 0 Å². The van der Waals surface area contributed by atoms with E-state index in [2.05, 4.69) is 15.0 Å². The number of halogens is 2. The van der Waals surface area contributed by atoms with Gasteiger partial charge in [0.25, 0.3) is 0 Å². The Bertz CT molecular complexity index is 1500. The average Bonchev–Trinajstić information content (AvgIpc) is 3.29. The number of aromatic nitrogens is 4. The summed E-state index contributed by atoms with van der Waals surface area (Å²) in [5, 5.41) is 14.0. The first kappa shape index (κ1) is 22.3. The van der Waals surface area contributed by atoms with Crippen LogP contribution in [-0.4, -0.2) is 31.7 Å². The molecule has 5 rings (SSSR count). The molecule has 1 unspecified atom stereocenters. The number of pyridine rings is 2. The van der Waals surface area contributed by atoms with Gasteiger partial charge in [-0.15, -0.1) is 0 Å². The number of nitrogens with zero attached hydrogens (tertiary/aromatic N) is 4. The lowest BCUT2D eigenvalue weighted by Gasteiger charge is -2.30. The standard InChI is InChI=1S/C26H20Cl2N4O2/c1-32-15-29-14-23(32)26(33,18-7-9-24(28)30-13-18)17-6-8-22-21(11-17)20(12-25(31-22)34-2)16-4-3-5-19(27)10-16/h3-15,33H,1-2H3. The zero-order valence-electron chi connectivity index (χ0n) is 18.4. The van der Waals surface area contributed by atoms with Crippen LogP contribution in [-0.2, 0) is 12.6 Å². The summed E-state index contributed by atoms with van der Waals surface area (Å²) >= 11 is 12.3. The number of imidazole rings is 1. The van der Waals surface area contributed by atoms with E-state index in [9.17, 15) is 5.11 Å². The van der Waals surface area contributed by atoms with Crippen LogP contribution >= 0.6 is 23.2 Å². The number of aryl methyl sites for hydroxylation is 1. The summed E-state index contributed by atoms with van der Waals surface area (Å²) < 4.78 is 7.22. The van der Waals surface area contributed by atoms with Crippen molar-refractivity contribution in [2.75, 3.05) is 7.11 Å². The number of methoxy groups -OCH3 is 1. The SMILES string of the molecule is COc1cc(-c2cccc(Cl)c2)c2cc(C(O)(c3ccc(Cl)nc3)c3cncn3C)ccc2n1. The summed E-state index contributed by atoms with van der Waals surface area (Å²) in [4.78, 5) is 13.0. The second-order valence-corrected chi connectivity index (χ2v) is 8.75. The highest BCUT2D eigenvalue weighted by Gasteiger charge is 2.37. The van der Waals surface area contributed by atoms with Gasteiger partial charge in [0.15, 0.2) is 5.60 Å². The topological polar surface area (TPSA) is 73.1 Å². The third-order valence-corrected chi connectivity index (χ3v) is 6.34. The Morgan fingerprint density at radius 2 is 1.79 bits per heavy atom. The van der Waals surface area contributed by atoms with E-state index >= 15 is 0 Å². The maximum absolute atomic E-state index is 12.2. The lowest BCUT2D eigenvalue weighted by Crippen LogP contribution is -2.31. The van der Waals surface area contributed by atoms with Crippen molar-refractivity contribution in [3.63, 3.8) is 0 Å². The van der Waals surface area contributed by atoms with Gasteiger partial charge in [0.05, 0.1) is 30.8 Å². The molecule has 5 aromatic rings. The quantitative estimate of drug-likeness (QED) is 0.323. The monoisotopic (exact) mass is 490 g/mol. The van der Waals surface area contributed by atoms with Gasteiger partial charge in [-0.1, -0.05) is 47.5 Å². The Hall–Kier alpha value is -3.45. The molecule has 2 aromatic carbocycles. The first-order chi connectivity index (χ1) is 16.4. The predicted molar refractivity (Wildman–Crippen MR) is 133 cm³/mol. The summed E-state index contributed by atoms with van der Waals surface area (Å²) in [7, 11) is 3.42. The van der Waals surface area contributed by atoms with Crippen LogP contribution in [0.25, 0.3) is 22.0 Å². The molecule has 0 saturated carbocycles. The Morgan fingerprint density at radius 1 is 0.971 bits per heavy atom. The normalized spacial score (nSPS) is 13.1. The molecule has 170 valence electrons. The molecular weight excluding hydrogens is 471 g/mol. The Morgan fingerprint density at radius 3 is 2.47 bits per heavy atom. The fourth-order valence-electron chi connectivity index (χ4n) is 4.18. The van der Waals surface area contributed by atoms with E-state index in [1.54, 1.807) is 42.5 Å². The van der Waals surface area contributed by atoms with E-state index in [1.165, 1.54) is 0 Å². The number of hydrogen-bond donors (Lipinski definition) is 1. The molecule has 3 heterocycles. The van der Waals surface area contributed by atoms with Gasteiger partial charge in [0, 0.05) is 35.3 Å². The summed E-state index contributed by atoms with van der Waals surface area (Å²) in [6, 6.07) is 18.5. The summed E-state index contributed by atoms with van der Waals surface area (Å²) in [6.45, 7) is 0. The van der Waals surface area contributed by atoms with E-state index in [0.29, 0.717) is 32.9 Å². The number of fused-ring (bicyclic) bond motifs is 1. The second-order valence-electron chi connectivity index (χ2n) is 7.92. The van der Waals surface area contributed by atoms with Crippen molar-refractivity contribution in [1.29, 1.82) is 0 Å². The van der Waals surface area contributed by atoms with Crippen LogP contribution in [0.2, 0.25) is 10.2 Å². The van der Waals surface area contributed by atoms with Crippen molar-refractivity contribution in [3.05, 3.63) is 106 Å². The van der Waals surface area contributed by atoms with Crippen LogP contribution in [0.1, 0.15) is 16.8 Å². The number of hydrogen-bond acceptors (Lipinski definition) is 5. The number of rotatable bonds is 5. The van der Waals surface area contributed by atoms with Crippen LogP contribution < -0.4 is 4.74 Å². The molecule has 6 nitrogen and oxygen atoms in total. The molecule has 0 aliphatic rings. The van der Waals surface area contributed by atoms with Crippen molar-refractivity contribution < 1.29 is 9.84 Å². The third kappa shape index (κ3) is 3.80. The molecule has 1 N–H and O–H groups in total. The number of aliphatic hydroxyl groups is 1. The van der Waals surface area contributed by atoms with E-state index in [4.69, 9.17) is 27.9 Å². The van der Waals surface area contributed by atoms with Gasteiger partial charge in [0.1, 0.15) is 5.15 Å². The van der Waals surface area contributed by atoms with E-state index in [-0.39, 0.29) is 0 Å². The summed E-state index contributed by atoms with van der Waals surface area (Å²) in [5.41, 5.74) is 2.75. The van der Waals surface area contributed by atoms with Crippen molar-refractivity contribution in [2.24, 2.45) is 7.05 Å². The van der Waals surface area contributed by atoms with Crippen LogP contribution in [0.3, 0.4) is 0 Å². The largest absolute Gasteiger partial charge is 0.481 e. The fourth-order valence-corrected chi connectivity index (χ4v) is 4.49. The third-order valence-electron chi connectivity index (χ3n) is 5.88. The second kappa shape index (κ2) is 8.72. The molecule has 8 heteroatoms. The highest BCUT2D eigenvalue weighted by Crippen LogP contribution is 2.40. The Kier molecular flexibility index (Phi) is 5.73. The first-order valence-electron chi connectivity index (χ1n) is 10.5. The van der Waals surface area contributed by atoms with E-state index in [0.717, 1.165) is 22.0 Å². The van der Waals surface area contributed by atoms with Gasteiger partial charge in [-0.05, 0) is 47.0 Å². The molecule has 0 saturated heterocycles. The smallest absolute Gasteiger partial charge is 0.214 e. The molecule has 0 aliphatic heterocycles. The minimum absolute atomic E-state index is 0.342. The Balaban J connectivity index is 1.80. The van der Waals surface area contributed by atoms with Crippen LogP contribution in [0, 0.1) is 0 Å². The molecule has 0 aliphatic carbocycles. The number of ether oxygens (including phenoxy) is 1. The zero-order chi connectivity index (χ0) is 23.9. The van der Waals surface area contributed by atoms with E-state index < -0.39 is 5.60 Å². The average molecular weight is 491 g/mol. The molecule has 0 amide bonds. The first-order valence-corrected chi connectivity index (χ1v) is 11.2. The molecule has 0 bridgehead atoms. The lowest BCUT2D eigenvalue weighted by atomic mass is 9.83. The van der Waals surface area contributed by atoms with Crippen molar-refractivity contribution in [3.8, 4) is 17.0 Å². The van der Waals surface area contributed by atoms with E-state index in [1.807, 2.05) is 55.6 Å². The lowest BCUT2D eigenvalue weighted by molar-refractivity contribution is 0.117. The van der Waals surface area contributed by atoms with Gasteiger partial charge in [-0.3, -0.25) is 0 Å². The van der Waals surface area contributed by atoms with Crippen LogP contribution in [0.5, 0.6) is 5.88 Å². The zero-order valence-corrected chi connectivity index (χ0v) is 19.9. The molecular formula is C26H20Cl2N4O2.